The van der Waals surface area contributed by atoms with Gasteiger partial charge in [0.1, 0.15) is 0 Å². The Morgan fingerprint density at radius 3 is 2.22 bits per heavy atom. The van der Waals surface area contributed by atoms with Crippen LogP contribution in [0.25, 0.3) is 0 Å². The summed E-state index contributed by atoms with van der Waals surface area (Å²) in [7, 11) is 0. The van der Waals surface area contributed by atoms with Gasteiger partial charge >= 0.3 is 0 Å². The highest BCUT2D eigenvalue weighted by molar-refractivity contribution is 14.1. The Morgan fingerprint density at radius 2 is 2.11 bits per heavy atom. The fourth-order valence-corrected chi connectivity index (χ4v) is 0.629. The van der Waals surface area contributed by atoms with Crippen molar-refractivity contribution in [3.8, 4) is 0 Å². The van der Waals surface area contributed by atoms with Gasteiger partial charge in [0, 0.05) is 3.58 Å². The third-order valence-corrected chi connectivity index (χ3v) is 1.59. The minimum Gasteiger partial charge on any atom is -0.320 e. The van der Waals surface area contributed by atoms with Gasteiger partial charge in [-0.1, -0.05) is 18.2 Å². The van der Waals surface area contributed by atoms with E-state index in [9.17, 15) is 0 Å². The summed E-state index contributed by atoms with van der Waals surface area (Å²) in [5.74, 6) is 0. The van der Waals surface area contributed by atoms with E-state index in [1.165, 1.54) is 5.57 Å². The molecule has 0 heterocycles. The second kappa shape index (κ2) is 4.06. The molecule has 2 heteroatoms. The second-order valence-corrected chi connectivity index (χ2v) is 3.60. The van der Waals surface area contributed by atoms with Crippen LogP contribution in [-0.4, -0.2) is 6.04 Å². The third-order valence-electron chi connectivity index (χ3n) is 0.875. The van der Waals surface area contributed by atoms with Crippen LogP contribution in [0.1, 0.15) is 13.8 Å². The first-order valence-electron chi connectivity index (χ1n) is 2.79. The number of nitrogens with two attached hydrogens (primary N) is 1. The standard InChI is InChI=1S/C7H12IN/c1-5(2)4-7(9)6(3)8/h4,7H,3,9H2,1-2H3. The predicted octanol–water partition coefficient (Wildman–Crippen LogP) is 2.23. The van der Waals surface area contributed by atoms with E-state index in [0.717, 1.165) is 3.58 Å². The summed E-state index contributed by atoms with van der Waals surface area (Å²) in [5.41, 5.74) is 6.87. The molecular weight excluding hydrogens is 225 g/mol. The summed E-state index contributed by atoms with van der Waals surface area (Å²) in [6.07, 6.45) is 1.99. The Labute approximate surface area is 70.2 Å². The molecule has 52 valence electrons. The molecule has 0 amide bonds. The van der Waals surface area contributed by atoms with Crippen LogP contribution in [0.2, 0.25) is 0 Å². The minimum atomic E-state index is 0.0237. The Bertz CT molecular complexity index is 134. The van der Waals surface area contributed by atoms with Crippen LogP contribution in [-0.2, 0) is 0 Å². The lowest BCUT2D eigenvalue weighted by Crippen LogP contribution is -2.16. The molecule has 0 saturated carbocycles. The largest absolute Gasteiger partial charge is 0.320 e. The van der Waals surface area contributed by atoms with Crippen molar-refractivity contribution in [1.29, 1.82) is 0 Å². The topological polar surface area (TPSA) is 26.0 Å². The summed E-state index contributed by atoms with van der Waals surface area (Å²) < 4.78 is 0.980. The molecule has 0 aromatic carbocycles. The van der Waals surface area contributed by atoms with E-state index in [0.29, 0.717) is 0 Å². The van der Waals surface area contributed by atoms with Gasteiger partial charge in [-0.15, -0.1) is 0 Å². The summed E-state index contributed by atoms with van der Waals surface area (Å²) in [5, 5.41) is 0. The molecule has 0 spiro atoms. The molecular formula is C7H12IN. The molecule has 0 aromatic heterocycles. The van der Waals surface area contributed by atoms with Gasteiger partial charge in [0.05, 0.1) is 6.04 Å². The zero-order valence-corrected chi connectivity index (χ0v) is 7.97. The van der Waals surface area contributed by atoms with Crippen LogP contribution in [0.3, 0.4) is 0 Å². The first-order chi connectivity index (χ1) is 4.04. The number of allylic oxidation sites excluding steroid dienone is 1. The average Bonchev–Trinajstić information content (AvgIpc) is 1.63. The van der Waals surface area contributed by atoms with Crippen molar-refractivity contribution in [2.24, 2.45) is 5.73 Å². The highest BCUT2D eigenvalue weighted by Gasteiger charge is 1.97. The zero-order chi connectivity index (χ0) is 7.44. The Balaban J connectivity index is 3.91. The first-order valence-corrected chi connectivity index (χ1v) is 3.87. The van der Waals surface area contributed by atoms with Gasteiger partial charge in [-0.3, -0.25) is 0 Å². The summed E-state index contributed by atoms with van der Waals surface area (Å²) >= 11 is 2.14. The number of hydrogen-bond donors (Lipinski definition) is 1. The van der Waals surface area contributed by atoms with Crippen LogP contribution in [0.4, 0.5) is 0 Å². The summed E-state index contributed by atoms with van der Waals surface area (Å²) in [6.45, 7) is 7.78. The highest BCUT2D eigenvalue weighted by Crippen LogP contribution is 2.08. The van der Waals surface area contributed by atoms with Gasteiger partial charge in [-0.2, -0.15) is 0 Å². The van der Waals surface area contributed by atoms with Gasteiger partial charge in [-0.05, 0) is 36.4 Å². The highest BCUT2D eigenvalue weighted by atomic mass is 127. The van der Waals surface area contributed by atoms with Crippen LogP contribution >= 0.6 is 22.6 Å². The number of hydrogen-bond acceptors (Lipinski definition) is 1. The lowest BCUT2D eigenvalue weighted by molar-refractivity contribution is 1.01. The van der Waals surface area contributed by atoms with Crippen LogP contribution in [0.15, 0.2) is 21.8 Å². The van der Waals surface area contributed by atoms with Crippen LogP contribution in [0.5, 0.6) is 0 Å². The van der Waals surface area contributed by atoms with E-state index in [4.69, 9.17) is 5.73 Å². The molecule has 0 aliphatic carbocycles. The summed E-state index contributed by atoms with van der Waals surface area (Å²) in [6, 6.07) is 0.0237. The molecule has 0 fully saturated rings. The summed E-state index contributed by atoms with van der Waals surface area (Å²) in [4.78, 5) is 0. The van der Waals surface area contributed by atoms with Crippen molar-refractivity contribution in [3.05, 3.63) is 21.8 Å². The molecule has 1 nitrogen and oxygen atoms in total. The van der Waals surface area contributed by atoms with Crippen LogP contribution in [0, 0.1) is 0 Å². The van der Waals surface area contributed by atoms with Crippen molar-refractivity contribution in [2.75, 3.05) is 0 Å². The zero-order valence-electron chi connectivity index (χ0n) is 5.82. The maximum absolute atomic E-state index is 5.63. The number of rotatable bonds is 2. The minimum absolute atomic E-state index is 0.0237. The van der Waals surface area contributed by atoms with Crippen molar-refractivity contribution >= 4 is 22.6 Å². The lowest BCUT2D eigenvalue weighted by atomic mass is 10.2. The molecule has 0 rings (SSSR count). The van der Waals surface area contributed by atoms with Crippen molar-refractivity contribution < 1.29 is 0 Å². The Kier molecular flexibility index (Phi) is 4.14. The van der Waals surface area contributed by atoms with E-state index in [1.54, 1.807) is 0 Å². The van der Waals surface area contributed by atoms with Crippen molar-refractivity contribution in [3.63, 3.8) is 0 Å². The van der Waals surface area contributed by atoms with Gasteiger partial charge < -0.3 is 5.73 Å². The quantitative estimate of drug-likeness (QED) is 0.578. The van der Waals surface area contributed by atoms with E-state index in [1.807, 2.05) is 19.9 Å². The molecule has 0 aromatic rings. The fourth-order valence-electron chi connectivity index (χ4n) is 0.450. The molecule has 0 saturated heterocycles. The SMILES string of the molecule is C=C(I)C(N)C=C(C)C. The molecule has 0 bridgehead atoms. The van der Waals surface area contributed by atoms with E-state index >= 15 is 0 Å². The molecule has 1 atom stereocenters. The maximum atomic E-state index is 5.63. The van der Waals surface area contributed by atoms with Gasteiger partial charge in [0.15, 0.2) is 0 Å². The van der Waals surface area contributed by atoms with Gasteiger partial charge in [-0.25, -0.2) is 0 Å². The van der Waals surface area contributed by atoms with Crippen molar-refractivity contribution in [2.45, 2.75) is 19.9 Å². The molecule has 0 aliphatic heterocycles. The van der Waals surface area contributed by atoms with Crippen molar-refractivity contribution in [1.82, 2.24) is 0 Å². The molecule has 0 radical (unpaired) electrons. The first kappa shape index (κ1) is 9.17. The van der Waals surface area contributed by atoms with Crippen LogP contribution < -0.4 is 5.73 Å². The number of halogens is 1. The van der Waals surface area contributed by atoms with Gasteiger partial charge in [0.2, 0.25) is 0 Å². The smallest absolute Gasteiger partial charge is 0.0535 e. The molecule has 1 unspecified atom stereocenters. The molecule has 9 heavy (non-hydrogen) atoms. The monoisotopic (exact) mass is 237 g/mol. The molecule has 2 N–H and O–H groups in total. The van der Waals surface area contributed by atoms with E-state index in [2.05, 4.69) is 29.2 Å². The third kappa shape index (κ3) is 4.66. The van der Waals surface area contributed by atoms with E-state index < -0.39 is 0 Å². The van der Waals surface area contributed by atoms with E-state index in [-0.39, 0.29) is 6.04 Å². The second-order valence-electron chi connectivity index (χ2n) is 2.22. The Morgan fingerprint density at radius 1 is 1.67 bits per heavy atom. The van der Waals surface area contributed by atoms with Gasteiger partial charge in [0.25, 0.3) is 0 Å². The maximum Gasteiger partial charge on any atom is 0.0535 e. The average molecular weight is 237 g/mol. The predicted molar refractivity (Wildman–Crippen MR) is 50.6 cm³/mol. The Hall–Kier alpha value is 0.170. The normalized spacial score (nSPS) is 12.4. The lowest BCUT2D eigenvalue weighted by Gasteiger charge is -2.02. The fraction of sp³-hybridized carbons (Fsp3) is 0.429. The molecule has 0 aliphatic rings.